The monoisotopic (exact) mass is 462 g/mol. The number of para-hydroxylation sites is 1. The number of halogens is 1. The SMILES string of the molecule is Cc1cccc2c(C(=O)Oc3ccc([N+](=O)[O-])cc3)cc(-c3ccc(Br)cc3)nc12. The zero-order valence-corrected chi connectivity index (χ0v) is 17.4. The van der Waals surface area contributed by atoms with Crippen LogP contribution in [0.25, 0.3) is 22.2 Å². The zero-order chi connectivity index (χ0) is 21.3. The molecule has 0 radical (unpaired) electrons. The number of ether oxygens (including phenoxy) is 1. The van der Waals surface area contributed by atoms with E-state index >= 15 is 0 Å². The molecule has 0 unspecified atom stereocenters. The van der Waals surface area contributed by atoms with Crippen molar-refractivity contribution in [2.75, 3.05) is 0 Å². The van der Waals surface area contributed by atoms with Crippen molar-refractivity contribution >= 4 is 38.5 Å². The Bertz CT molecular complexity index is 1270. The van der Waals surface area contributed by atoms with Gasteiger partial charge in [0.25, 0.3) is 5.69 Å². The molecule has 3 aromatic carbocycles. The predicted octanol–water partition coefficient (Wildman–Crippen LogP) is 6.10. The van der Waals surface area contributed by atoms with Crippen molar-refractivity contribution in [2.24, 2.45) is 0 Å². The second-order valence-electron chi connectivity index (χ2n) is 6.67. The molecule has 0 amide bonds. The summed E-state index contributed by atoms with van der Waals surface area (Å²) in [6, 6.07) is 20.4. The van der Waals surface area contributed by atoms with Crippen LogP contribution in [-0.2, 0) is 0 Å². The van der Waals surface area contributed by atoms with Gasteiger partial charge in [-0.3, -0.25) is 10.1 Å². The van der Waals surface area contributed by atoms with Crippen molar-refractivity contribution in [2.45, 2.75) is 6.92 Å². The molecule has 1 aromatic heterocycles. The third-order valence-electron chi connectivity index (χ3n) is 4.66. The van der Waals surface area contributed by atoms with Gasteiger partial charge in [0.1, 0.15) is 5.75 Å². The van der Waals surface area contributed by atoms with Crippen LogP contribution in [-0.4, -0.2) is 15.9 Å². The van der Waals surface area contributed by atoms with E-state index in [9.17, 15) is 14.9 Å². The van der Waals surface area contributed by atoms with Crippen molar-refractivity contribution < 1.29 is 14.5 Å². The maximum absolute atomic E-state index is 13.0. The van der Waals surface area contributed by atoms with Gasteiger partial charge in [0.2, 0.25) is 0 Å². The number of benzene rings is 3. The fourth-order valence-electron chi connectivity index (χ4n) is 3.13. The number of rotatable bonds is 4. The molecule has 30 heavy (non-hydrogen) atoms. The summed E-state index contributed by atoms with van der Waals surface area (Å²) in [5.74, 6) is -0.325. The molecule has 0 aliphatic carbocycles. The van der Waals surface area contributed by atoms with Gasteiger partial charge in [0.05, 0.1) is 21.7 Å². The smallest absolute Gasteiger partial charge is 0.344 e. The molecule has 1 heterocycles. The highest BCUT2D eigenvalue weighted by molar-refractivity contribution is 9.10. The molecule has 0 aliphatic rings. The molecule has 0 spiro atoms. The van der Waals surface area contributed by atoms with Gasteiger partial charge < -0.3 is 4.74 Å². The van der Waals surface area contributed by atoms with Gasteiger partial charge in [-0.2, -0.15) is 0 Å². The predicted molar refractivity (Wildman–Crippen MR) is 118 cm³/mol. The lowest BCUT2D eigenvalue weighted by atomic mass is 10.0. The first-order valence-corrected chi connectivity index (χ1v) is 9.84. The van der Waals surface area contributed by atoms with Crippen molar-refractivity contribution in [1.82, 2.24) is 4.98 Å². The Morgan fingerprint density at radius 2 is 1.73 bits per heavy atom. The van der Waals surface area contributed by atoms with E-state index in [1.165, 1.54) is 24.3 Å². The number of esters is 1. The number of carbonyl (C=O) groups excluding carboxylic acids is 1. The largest absolute Gasteiger partial charge is 0.423 e. The molecule has 0 saturated carbocycles. The summed E-state index contributed by atoms with van der Waals surface area (Å²) in [5.41, 5.74) is 3.48. The molecule has 4 aromatic rings. The van der Waals surface area contributed by atoms with Crippen LogP contribution in [0.3, 0.4) is 0 Å². The third kappa shape index (κ3) is 3.92. The Morgan fingerprint density at radius 1 is 1.03 bits per heavy atom. The first-order chi connectivity index (χ1) is 14.4. The minimum absolute atomic E-state index is 0.0719. The number of hydrogen-bond acceptors (Lipinski definition) is 5. The second kappa shape index (κ2) is 8.04. The van der Waals surface area contributed by atoms with Gasteiger partial charge in [0, 0.05) is 27.6 Å². The van der Waals surface area contributed by atoms with E-state index in [0.717, 1.165) is 15.6 Å². The molecule has 6 nitrogen and oxygen atoms in total. The van der Waals surface area contributed by atoms with E-state index in [4.69, 9.17) is 9.72 Å². The Balaban J connectivity index is 1.78. The fraction of sp³-hybridized carbons (Fsp3) is 0.0435. The summed E-state index contributed by atoms with van der Waals surface area (Å²) in [6.07, 6.45) is 0. The van der Waals surface area contributed by atoms with E-state index < -0.39 is 10.9 Å². The van der Waals surface area contributed by atoms with Gasteiger partial charge in [-0.15, -0.1) is 0 Å². The minimum Gasteiger partial charge on any atom is -0.423 e. The molecule has 0 atom stereocenters. The number of nitro benzene ring substituents is 1. The lowest BCUT2D eigenvalue weighted by Crippen LogP contribution is -2.10. The van der Waals surface area contributed by atoms with E-state index in [0.29, 0.717) is 22.2 Å². The van der Waals surface area contributed by atoms with Crippen molar-refractivity contribution in [3.8, 4) is 17.0 Å². The number of hydrogen-bond donors (Lipinski definition) is 0. The summed E-state index contributed by atoms with van der Waals surface area (Å²) in [4.78, 5) is 28.1. The third-order valence-corrected chi connectivity index (χ3v) is 5.19. The average molecular weight is 463 g/mol. The van der Waals surface area contributed by atoms with E-state index in [2.05, 4.69) is 15.9 Å². The Labute approximate surface area is 180 Å². The van der Waals surface area contributed by atoms with Crippen LogP contribution in [0.4, 0.5) is 5.69 Å². The van der Waals surface area contributed by atoms with Crippen molar-refractivity contribution in [3.63, 3.8) is 0 Å². The van der Waals surface area contributed by atoms with Gasteiger partial charge in [0.15, 0.2) is 0 Å². The first kappa shape index (κ1) is 19.7. The van der Waals surface area contributed by atoms with Crippen LogP contribution in [0.2, 0.25) is 0 Å². The number of aryl methyl sites for hydroxylation is 1. The lowest BCUT2D eigenvalue weighted by Gasteiger charge is -2.11. The Morgan fingerprint density at radius 3 is 2.40 bits per heavy atom. The van der Waals surface area contributed by atoms with Gasteiger partial charge in [-0.1, -0.05) is 46.3 Å². The van der Waals surface area contributed by atoms with E-state index in [-0.39, 0.29) is 11.4 Å². The number of carbonyl (C=O) groups is 1. The van der Waals surface area contributed by atoms with Crippen molar-refractivity contribution in [1.29, 1.82) is 0 Å². The maximum atomic E-state index is 13.0. The molecule has 0 aliphatic heterocycles. The van der Waals surface area contributed by atoms with Crippen LogP contribution >= 0.6 is 15.9 Å². The summed E-state index contributed by atoms with van der Waals surface area (Å²) < 4.78 is 6.44. The van der Waals surface area contributed by atoms with Crippen molar-refractivity contribution in [3.05, 3.63) is 98.5 Å². The normalized spacial score (nSPS) is 10.7. The standard InChI is InChI=1S/C23H15BrN2O4/c1-14-3-2-4-19-20(23(27)30-18-11-9-17(10-12-18)26(28)29)13-21(25-22(14)19)15-5-7-16(24)8-6-15/h2-13H,1H3. The highest BCUT2D eigenvalue weighted by Gasteiger charge is 2.17. The quantitative estimate of drug-likeness (QED) is 0.158. The van der Waals surface area contributed by atoms with Crippen LogP contribution in [0.1, 0.15) is 15.9 Å². The highest BCUT2D eigenvalue weighted by atomic mass is 79.9. The van der Waals surface area contributed by atoms with Crippen LogP contribution in [0, 0.1) is 17.0 Å². The van der Waals surface area contributed by atoms with Crippen LogP contribution < -0.4 is 4.74 Å². The number of non-ortho nitro benzene ring substituents is 1. The number of nitro groups is 1. The summed E-state index contributed by atoms with van der Waals surface area (Å²) in [5, 5.41) is 11.5. The Hall–Kier alpha value is -3.58. The van der Waals surface area contributed by atoms with Gasteiger partial charge in [-0.05, 0) is 42.8 Å². The number of nitrogens with zero attached hydrogens (tertiary/aromatic N) is 2. The summed E-state index contributed by atoms with van der Waals surface area (Å²) in [7, 11) is 0. The molecular weight excluding hydrogens is 448 g/mol. The molecule has 0 fully saturated rings. The second-order valence-corrected chi connectivity index (χ2v) is 7.59. The average Bonchev–Trinajstić information content (AvgIpc) is 2.74. The molecule has 148 valence electrons. The summed E-state index contributed by atoms with van der Waals surface area (Å²) in [6.45, 7) is 1.94. The fourth-order valence-corrected chi connectivity index (χ4v) is 3.39. The minimum atomic E-state index is -0.555. The number of pyridine rings is 1. The number of fused-ring (bicyclic) bond motifs is 1. The van der Waals surface area contributed by atoms with E-state index in [1.54, 1.807) is 6.07 Å². The molecule has 0 saturated heterocycles. The number of aromatic nitrogens is 1. The van der Waals surface area contributed by atoms with Crippen LogP contribution in [0.15, 0.2) is 77.3 Å². The first-order valence-electron chi connectivity index (χ1n) is 9.05. The zero-order valence-electron chi connectivity index (χ0n) is 15.8. The lowest BCUT2D eigenvalue weighted by molar-refractivity contribution is -0.384. The molecule has 7 heteroatoms. The molecule has 4 rings (SSSR count). The Kier molecular flexibility index (Phi) is 5.29. The molecular formula is C23H15BrN2O4. The molecule has 0 bridgehead atoms. The van der Waals surface area contributed by atoms with Gasteiger partial charge in [-0.25, -0.2) is 9.78 Å². The maximum Gasteiger partial charge on any atom is 0.344 e. The molecule has 0 N–H and O–H groups in total. The van der Waals surface area contributed by atoms with Crippen LogP contribution in [0.5, 0.6) is 5.75 Å². The van der Waals surface area contributed by atoms with Gasteiger partial charge >= 0.3 is 5.97 Å². The van der Waals surface area contributed by atoms with E-state index in [1.807, 2.05) is 49.4 Å². The topological polar surface area (TPSA) is 82.3 Å². The summed E-state index contributed by atoms with van der Waals surface area (Å²) >= 11 is 3.42. The highest BCUT2D eigenvalue weighted by Crippen LogP contribution is 2.29.